The lowest BCUT2D eigenvalue weighted by atomic mass is 9.77. The standard InChI is InChI=1S/C26H26N4O7/c1-34-20-10-15(11-21(35-2)25(20)36-3)14-8-17-23(18(31)9-14)24(30-26(29-17)27-13-28-30)16-6-4-5-7-19(16)37-12-22(32)33/h4-7,10-11,13-14,24H,8-9,12H2,1-3H3,(H,32,33)(H,27,28,29). The lowest BCUT2D eigenvalue weighted by Gasteiger charge is -2.35. The van der Waals surface area contributed by atoms with Crippen molar-refractivity contribution in [1.82, 2.24) is 14.8 Å². The molecule has 2 unspecified atom stereocenters. The van der Waals surface area contributed by atoms with Gasteiger partial charge in [0, 0.05) is 23.3 Å². The van der Waals surface area contributed by atoms with Crippen LogP contribution in [0.15, 0.2) is 54.0 Å². The number of carboxylic acids is 1. The van der Waals surface area contributed by atoms with Crippen molar-refractivity contribution in [2.75, 3.05) is 33.3 Å². The molecule has 2 aromatic carbocycles. The Labute approximate surface area is 212 Å². The number of hydrogen-bond donors (Lipinski definition) is 2. The minimum atomic E-state index is -1.09. The Kier molecular flexibility index (Phi) is 6.43. The number of rotatable bonds is 8. The second kappa shape index (κ2) is 9.84. The van der Waals surface area contributed by atoms with Gasteiger partial charge in [-0.3, -0.25) is 4.79 Å². The maximum absolute atomic E-state index is 13.8. The minimum absolute atomic E-state index is 0.0633. The first-order valence-corrected chi connectivity index (χ1v) is 11.6. The van der Waals surface area contributed by atoms with Gasteiger partial charge in [0.2, 0.25) is 11.7 Å². The van der Waals surface area contributed by atoms with Gasteiger partial charge in [-0.15, -0.1) is 0 Å². The average Bonchev–Trinajstić information content (AvgIpc) is 3.38. The van der Waals surface area contributed by atoms with Crippen LogP contribution in [0, 0.1) is 0 Å². The van der Waals surface area contributed by atoms with Crippen LogP contribution in [-0.4, -0.2) is 59.6 Å². The van der Waals surface area contributed by atoms with E-state index < -0.39 is 18.6 Å². The number of carboxylic acid groups (broad SMARTS) is 1. The van der Waals surface area contributed by atoms with Crippen molar-refractivity contribution in [2.45, 2.75) is 24.8 Å². The van der Waals surface area contributed by atoms with Crippen LogP contribution in [-0.2, 0) is 9.59 Å². The van der Waals surface area contributed by atoms with Crippen molar-refractivity contribution in [3.05, 3.63) is 65.1 Å². The molecule has 11 nitrogen and oxygen atoms in total. The van der Waals surface area contributed by atoms with Gasteiger partial charge in [0.05, 0.1) is 21.3 Å². The molecule has 1 aromatic heterocycles. The molecule has 1 aliphatic heterocycles. The highest BCUT2D eigenvalue weighted by Crippen LogP contribution is 2.48. The normalized spacial score (nSPS) is 18.4. The molecule has 0 saturated carbocycles. The quantitative estimate of drug-likeness (QED) is 0.469. The number of para-hydroxylation sites is 1. The summed E-state index contributed by atoms with van der Waals surface area (Å²) < 4.78 is 23.7. The number of nitrogens with zero attached hydrogens (tertiary/aromatic N) is 3. The Morgan fingerprint density at radius 3 is 2.49 bits per heavy atom. The number of fused-ring (bicyclic) bond motifs is 1. The number of carbonyl (C=O) groups excluding carboxylic acids is 1. The highest BCUT2D eigenvalue weighted by Gasteiger charge is 2.40. The lowest BCUT2D eigenvalue weighted by Crippen LogP contribution is -2.34. The lowest BCUT2D eigenvalue weighted by molar-refractivity contribution is -0.139. The Hall–Kier alpha value is -4.54. The van der Waals surface area contributed by atoms with Gasteiger partial charge in [0.15, 0.2) is 23.9 Å². The molecule has 0 saturated heterocycles. The monoisotopic (exact) mass is 506 g/mol. The van der Waals surface area contributed by atoms with E-state index in [4.69, 9.17) is 24.1 Å². The summed E-state index contributed by atoms with van der Waals surface area (Å²) in [5, 5.41) is 16.8. The van der Waals surface area contributed by atoms with Crippen LogP contribution in [0.1, 0.15) is 35.9 Å². The zero-order valence-corrected chi connectivity index (χ0v) is 20.6. The molecule has 1 aliphatic carbocycles. The van der Waals surface area contributed by atoms with Crippen molar-refractivity contribution >= 4 is 17.7 Å². The summed E-state index contributed by atoms with van der Waals surface area (Å²) in [7, 11) is 4.65. The summed E-state index contributed by atoms with van der Waals surface area (Å²) in [6.45, 7) is -0.505. The van der Waals surface area contributed by atoms with E-state index in [0.29, 0.717) is 46.5 Å². The van der Waals surface area contributed by atoms with Crippen LogP contribution in [0.2, 0.25) is 0 Å². The third-order valence-corrected chi connectivity index (χ3v) is 6.58. The summed E-state index contributed by atoms with van der Waals surface area (Å²) in [6, 6.07) is 10.2. The van der Waals surface area contributed by atoms with E-state index in [0.717, 1.165) is 11.3 Å². The summed E-state index contributed by atoms with van der Waals surface area (Å²) >= 11 is 0. The largest absolute Gasteiger partial charge is 0.493 e. The van der Waals surface area contributed by atoms with E-state index in [1.54, 1.807) is 38.1 Å². The average molecular weight is 507 g/mol. The zero-order chi connectivity index (χ0) is 26.1. The Morgan fingerprint density at radius 1 is 1.08 bits per heavy atom. The second-order valence-corrected chi connectivity index (χ2v) is 8.66. The van der Waals surface area contributed by atoms with Crippen LogP contribution < -0.4 is 24.3 Å². The van der Waals surface area contributed by atoms with Crippen LogP contribution >= 0.6 is 0 Å². The Morgan fingerprint density at radius 2 is 1.81 bits per heavy atom. The van der Waals surface area contributed by atoms with Gasteiger partial charge in [0.25, 0.3) is 0 Å². The third-order valence-electron chi connectivity index (χ3n) is 6.58. The SMILES string of the molecule is COc1cc(C2CC(=O)C3=C(C2)Nc2ncnn2C3c2ccccc2OCC(=O)O)cc(OC)c1OC. The van der Waals surface area contributed by atoms with E-state index in [-0.39, 0.29) is 18.1 Å². The molecule has 2 N–H and O–H groups in total. The predicted molar refractivity (Wildman–Crippen MR) is 131 cm³/mol. The highest BCUT2D eigenvalue weighted by atomic mass is 16.5. The summed E-state index contributed by atoms with van der Waals surface area (Å²) in [5.74, 6) is 1.05. The number of ether oxygens (including phenoxy) is 4. The molecule has 2 aliphatic rings. The molecule has 0 fully saturated rings. The van der Waals surface area contributed by atoms with Gasteiger partial charge in [-0.1, -0.05) is 18.2 Å². The maximum atomic E-state index is 13.8. The molecular formula is C26H26N4O7. The highest BCUT2D eigenvalue weighted by molar-refractivity contribution is 6.00. The number of methoxy groups -OCH3 is 3. The van der Waals surface area contributed by atoms with Crippen LogP contribution in [0.4, 0.5) is 5.95 Å². The number of carbonyl (C=O) groups is 2. The predicted octanol–water partition coefficient (Wildman–Crippen LogP) is 3.18. The van der Waals surface area contributed by atoms with Crippen LogP contribution in [0.25, 0.3) is 0 Å². The van der Waals surface area contributed by atoms with Crippen molar-refractivity contribution in [2.24, 2.45) is 0 Å². The number of ketones is 1. The van der Waals surface area contributed by atoms with Gasteiger partial charge in [-0.2, -0.15) is 10.1 Å². The van der Waals surface area contributed by atoms with Crippen molar-refractivity contribution in [3.63, 3.8) is 0 Å². The molecule has 0 bridgehead atoms. The van der Waals surface area contributed by atoms with Crippen molar-refractivity contribution in [3.8, 4) is 23.0 Å². The molecule has 0 amide bonds. The molecule has 0 radical (unpaired) electrons. The van der Waals surface area contributed by atoms with E-state index in [9.17, 15) is 9.59 Å². The smallest absolute Gasteiger partial charge is 0.341 e. The summed E-state index contributed by atoms with van der Waals surface area (Å²) in [4.78, 5) is 29.2. The fraction of sp³-hybridized carbons (Fsp3) is 0.308. The number of benzene rings is 2. The molecule has 2 heterocycles. The second-order valence-electron chi connectivity index (χ2n) is 8.66. The van der Waals surface area contributed by atoms with Crippen LogP contribution in [0.3, 0.4) is 0 Å². The Bertz CT molecular complexity index is 1370. The summed E-state index contributed by atoms with van der Waals surface area (Å²) in [6.07, 6.45) is 2.19. The Balaban J connectivity index is 1.57. The van der Waals surface area contributed by atoms with Gasteiger partial charge in [-0.05, 0) is 36.1 Å². The number of hydrogen-bond acceptors (Lipinski definition) is 9. The van der Waals surface area contributed by atoms with Gasteiger partial charge >= 0.3 is 5.97 Å². The molecule has 0 spiro atoms. The van der Waals surface area contributed by atoms with Gasteiger partial charge < -0.3 is 29.4 Å². The molecule has 2 atom stereocenters. The summed E-state index contributed by atoms with van der Waals surface area (Å²) in [5.41, 5.74) is 2.79. The topological polar surface area (TPSA) is 134 Å². The fourth-order valence-corrected chi connectivity index (χ4v) is 4.99. The van der Waals surface area contributed by atoms with Crippen LogP contribution in [0.5, 0.6) is 23.0 Å². The molecule has 5 rings (SSSR count). The molecule has 11 heteroatoms. The molecule has 192 valence electrons. The number of aromatic nitrogens is 3. The van der Waals surface area contributed by atoms with E-state index in [1.165, 1.54) is 6.33 Å². The number of nitrogens with one attached hydrogen (secondary N) is 1. The van der Waals surface area contributed by atoms with E-state index in [2.05, 4.69) is 15.4 Å². The first-order chi connectivity index (χ1) is 17.9. The number of allylic oxidation sites excluding steroid dienone is 2. The van der Waals surface area contributed by atoms with E-state index >= 15 is 0 Å². The molecule has 3 aromatic rings. The number of aliphatic carboxylic acids is 1. The minimum Gasteiger partial charge on any atom is -0.493 e. The molecular weight excluding hydrogens is 480 g/mol. The zero-order valence-electron chi connectivity index (χ0n) is 20.6. The van der Waals surface area contributed by atoms with E-state index in [1.807, 2.05) is 24.3 Å². The number of anilines is 1. The first-order valence-electron chi connectivity index (χ1n) is 11.6. The van der Waals surface area contributed by atoms with Crippen molar-refractivity contribution < 1.29 is 33.6 Å². The molecule has 37 heavy (non-hydrogen) atoms. The fourth-order valence-electron chi connectivity index (χ4n) is 4.99. The number of Topliss-reactive ketones (excluding diaryl/α,β-unsaturated/α-hetero) is 1. The third kappa shape index (κ3) is 4.32. The van der Waals surface area contributed by atoms with Crippen molar-refractivity contribution in [1.29, 1.82) is 0 Å². The van der Waals surface area contributed by atoms with Gasteiger partial charge in [-0.25, -0.2) is 9.48 Å². The first kappa shape index (κ1) is 24.2. The van der Waals surface area contributed by atoms with Gasteiger partial charge in [0.1, 0.15) is 18.1 Å². The maximum Gasteiger partial charge on any atom is 0.341 e.